The molecule has 17 aromatic carbocycles. The topological polar surface area (TPSA) is 0 Å². The molecule has 0 aliphatic rings. The maximum Gasteiger partial charge on any atom is -0.00262 e. The molecule has 0 aliphatic carbocycles. The average molecular weight is 1140 g/mol. The van der Waals surface area contributed by atoms with Crippen molar-refractivity contribution < 1.29 is 0 Å². The minimum Gasteiger partial charge on any atom is -0.0622 e. The summed E-state index contributed by atoms with van der Waals surface area (Å²) in [4.78, 5) is 0. The zero-order valence-electron chi connectivity index (χ0n) is 49.6. The van der Waals surface area contributed by atoms with Gasteiger partial charge in [0, 0.05) is 0 Å². The first kappa shape index (κ1) is 53.7. The van der Waals surface area contributed by atoms with Gasteiger partial charge in [0.25, 0.3) is 0 Å². The number of fused-ring (bicyclic) bond motifs is 6. The highest BCUT2D eigenvalue weighted by atomic mass is 14.2. The van der Waals surface area contributed by atoms with E-state index in [0.717, 1.165) is 0 Å². The van der Waals surface area contributed by atoms with Gasteiger partial charge in [0.15, 0.2) is 0 Å². The molecule has 0 bridgehead atoms. The highest BCUT2D eigenvalue weighted by molar-refractivity contribution is 6.23. The van der Waals surface area contributed by atoms with Crippen LogP contribution >= 0.6 is 0 Å². The Bertz CT molecular complexity index is 5390. The molecule has 0 spiro atoms. The standard InChI is InChI=1S/C48H32.C42H28/c1-3-13-33(14-4-1)36-17-11-19-38(29-36)39-27-25-35-26-28-41(32-42(35)31-39)48-45-23-9-7-21-43(45)47(44-22-8-10-24-46(44)48)40-20-12-18-37(30-40)34-15-5-2-6-16-34;1-3-12-29(13-4-1)32-16-11-17-34(26-32)41-37-18-7-9-20-39(37)42(40-21-10-8-19-38(40)41)35-25-23-31-22-24-33(27-36(31)28-35)30-14-5-2-6-15-30/h1-32H;1-28H. The van der Waals surface area contributed by atoms with Crippen LogP contribution in [0.1, 0.15) is 0 Å². The van der Waals surface area contributed by atoms with Crippen LogP contribution in [-0.4, -0.2) is 0 Å². The summed E-state index contributed by atoms with van der Waals surface area (Å²) < 4.78 is 0. The highest BCUT2D eigenvalue weighted by Crippen LogP contribution is 2.47. The molecule has 0 fully saturated rings. The molecule has 17 rings (SSSR count). The second-order valence-corrected chi connectivity index (χ2v) is 23.4. The lowest BCUT2D eigenvalue weighted by atomic mass is 9.85. The Kier molecular flexibility index (Phi) is 14.1. The van der Waals surface area contributed by atoms with E-state index in [9.17, 15) is 0 Å². The lowest BCUT2D eigenvalue weighted by molar-refractivity contribution is 1.60. The van der Waals surface area contributed by atoms with Gasteiger partial charge < -0.3 is 0 Å². The second-order valence-electron chi connectivity index (χ2n) is 23.4. The zero-order chi connectivity index (χ0) is 59.7. The Morgan fingerprint density at radius 1 is 0.100 bits per heavy atom. The molecular formula is C90H60. The maximum atomic E-state index is 2.38. The van der Waals surface area contributed by atoms with Crippen LogP contribution in [0.4, 0.5) is 0 Å². The SMILES string of the molecule is c1ccc(-c2cccc(-c3c4ccccc4c(-c4ccc5ccc(-c6ccccc6)cc5c4)c4ccccc34)c2)cc1.c1ccc(-c2cccc(-c3ccc4ccc(-c5c6ccccc6c(-c6cccc(-c7ccccc7)c6)c6ccccc56)cc4c3)c2)cc1. The molecule has 0 atom stereocenters. The molecule has 0 heteroatoms. The lowest BCUT2D eigenvalue weighted by Gasteiger charge is -2.18. The number of benzene rings is 17. The first-order valence-corrected chi connectivity index (χ1v) is 31.1. The third-order valence-corrected chi connectivity index (χ3v) is 18.0. The summed E-state index contributed by atoms with van der Waals surface area (Å²) in [7, 11) is 0. The summed E-state index contributed by atoms with van der Waals surface area (Å²) in [5.41, 5.74) is 22.4. The van der Waals surface area contributed by atoms with Crippen LogP contribution in [0.5, 0.6) is 0 Å². The Balaban J connectivity index is 0.000000145. The number of rotatable bonds is 9. The third-order valence-electron chi connectivity index (χ3n) is 18.0. The molecule has 90 heavy (non-hydrogen) atoms. The molecule has 0 unspecified atom stereocenters. The molecule has 0 saturated carbocycles. The van der Waals surface area contributed by atoms with Crippen molar-refractivity contribution in [2.75, 3.05) is 0 Å². The summed E-state index contributed by atoms with van der Waals surface area (Å²) in [6, 6.07) is 132. The van der Waals surface area contributed by atoms with Crippen LogP contribution in [-0.2, 0) is 0 Å². The molecule has 17 aromatic rings. The summed E-state index contributed by atoms with van der Waals surface area (Å²) in [6.07, 6.45) is 0. The first-order valence-electron chi connectivity index (χ1n) is 31.1. The van der Waals surface area contributed by atoms with Gasteiger partial charge in [-0.3, -0.25) is 0 Å². The van der Waals surface area contributed by atoms with E-state index < -0.39 is 0 Å². The molecule has 0 aliphatic heterocycles. The Morgan fingerprint density at radius 3 is 0.567 bits per heavy atom. The summed E-state index contributed by atoms with van der Waals surface area (Å²) in [5, 5.41) is 15.1. The van der Waals surface area contributed by atoms with Gasteiger partial charge in [-0.1, -0.05) is 322 Å². The third kappa shape index (κ3) is 10.2. The second kappa shape index (κ2) is 23.5. The minimum atomic E-state index is 1.22. The van der Waals surface area contributed by atoms with E-state index in [2.05, 4.69) is 364 Å². The summed E-state index contributed by atoms with van der Waals surface area (Å²) in [5.74, 6) is 0. The first-order chi connectivity index (χ1) is 44.6. The Morgan fingerprint density at radius 2 is 0.278 bits per heavy atom. The van der Waals surface area contributed by atoms with Crippen LogP contribution in [0.15, 0.2) is 364 Å². The lowest BCUT2D eigenvalue weighted by Crippen LogP contribution is -1.91. The van der Waals surface area contributed by atoms with E-state index in [4.69, 9.17) is 0 Å². The van der Waals surface area contributed by atoms with E-state index in [1.807, 2.05) is 0 Å². The van der Waals surface area contributed by atoms with Gasteiger partial charge in [0.2, 0.25) is 0 Å². The van der Waals surface area contributed by atoms with Crippen molar-refractivity contribution in [2.45, 2.75) is 0 Å². The van der Waals surface area contributed by atoms with Crippen LogP contribution in [0.3, 0.4) is 0 Å². The smallest absolute Gasteiger partial charge is 0.00262 e. The van der Waals surface area contributed by atoms with E-state index in [1.54, 1.807) is 0 Å². The van der Waals surface area contributed by atoms with Gasteiger partial charge >= 0.3 is 0 Å². The Hall–Kier alpha value is -11.7. The van der Waals surface area contributed by atoms with Gasteiger partial charge in [0.05, 0.1) is 0 Å². The van der Waals surface area contributed by atoms with Crippen LogP contribution < -0.4 is 0 Å². The molecule has 0 saturated heterocycles. The van der Waals surface area contributed by atoms with E-state index in [1.165, 1.54) is 165 Å². The van der Waals surface area contributed by atoms with Crippen molar-refractivity contribution in [3.8, 4) is 100 Å². The molecule has 0 amide bonds. The molecule has 420 valence electrons. The normalized spacial score (nSPS) is 11.3. The summed E-state index contributed by atoms with van der Waals surface area (Å²) in [6.45, 7) is 0. The van der Waals surface area contributed by atoms with Crippen LogP contribution in [0, 0.1) is 0 Å². The van der Waals surface area contributed by atoms with E-state index in [0.29, 0.717) is 0 Å². The molecule has 0 nitrogen and oxygen atoms in total. The highest BCUT2D eigenvalue weighted by Gasteiger charge is 2.20. The largest absolute Gasteiger partial charge is 0.0622 e. The fourth-order valence-corrected chi connectivity index (χ4v) is 13.8. The zero-order valence-corrected chi connectivity index (χ0v) is 49.6. The van der Waals surface area contributed by atoms with Crippen molar-refractivity contribution in [1.82, 2.24) is 0 Å². The minimum absolute atomic E-state index is 1.22. The predicted molar refractivity (Wildman–Crippen MR) is 387 cm³/mol. The molecule has 0 heterocycles. The van der Waals surface area contributed by atoms with Crippen LogP contribution in [0.2, 0.25) is 0 Å². The van der Waals surface area contributed by atoms with Gasteiger partial charge in [0.1, 0.15) is 0 Å². The van der Waals surface area contributed by atoms with Gasteiger partial charge in [-0.15, -0.1) is 0 Å². The fourth-order valence-electron chi connectivity index (χ4n) is 13.8. The molecule has 0 N–H and O–H groups in total. The van der Waals surface area contributed by atoms with Crippen LogP contribution in [0.25, 0.3) is 165 Å². The van der Waals surface area contributed by atoms with Crippen molar-refractivity contribution in [1.29, 1.82) is 0 Å². The predicted octanol–water partition coefficient (Wildman–Crippen LogP) is 25.3. The number of hydrogen-bond acceptors (Lipinski definition) is 0. The van der Waals surface area contributed by atoms with E-state index >= 15 is 0 Å². The Labute approximate surface area is 525 Å². The fraction of sp³-hybridized carbons (Fsp3) is 0. The van der Waals surface area contributed by atoms with Crippen molar-refractivity contribution in [3.63, 3.8) is 0 Å². The molecular weight excluding hydrogens is 1080 g/mol. The van der Waals surface area contributed by atoms with Crippen molar-refractivity contribution in [3.05, 3.63) is 364 Å². The van der Waals surface area contributed by atoms with E-state index in [-0.39, 0.29) is 0 Å². The molecule has 0 radical (unpaired) electrons. The molecule has 0 aromatic heterocycles. The van der Waals surface area contributed by atoms with Gasteiger partial charge in [-0.05, 0) is 207 Å². The van der Waals surface area contributed by atoms with Crippen molar-refractivity contribution in [2.24, 2.45) is 0 Å². The monoisotopic (exact) mass is 1140 g/mol. The quantitative estimate of drug-likeness (QED) is 0.126. The average Bonchev–Trinajstić information content (AvgIpc) is 0.902. The maximum absolute atomic E-state index is 2.38. The number of hydrogen-bond donors (Lipinski definition) is 0. The van der Waals surface area contributed by atoms with Crippen molar-refractivity contribution >= 4 is 64.6 Å². The van der Waals surface area contributed by atoms with Gasteiger partial charge in [-0.2, -0.15) is 0 Å². The summed E-state index contributed by atoms with van der Waals surface area (Å²) >= 11 is 0. The van der Waals surface area contributed by atoms with Gasteiger partial charge in [-0.25, -0.2) is 0 Å².